The van der Waals surface area contributed by atoms with Crippen LogP contribution in [0.15, 0.2) is 24.3 Å². The molecular weight excluding hydrogens is 320 g/mol. The van der Waals surface area contributed by atoms with Crippen molar-refractivity contribution in [1.29, 1.82) is 0 Å². The number of benzene rings is 1. The maximum Gasteiger partial charge on any atom is 0.222 e. The smallest absolute Gasteiger partial charge is 0.222 e. The number of halogens is 1. The van der Waals surface area contributed by atoms with E-state index in [1.807, 2.05) is 0 Å². The number of carbonyl (C=O) groups excluding carboxylic acids is 1. The van der Waals surface area contributed by atoms with E-state index in [0.717, 1.165) is 58.2 Å². The molecule has 1 aromatic rings. The van der Waals surface area contributed by atoms with Crippen molar-refractivity contribution < 1.29 is 4.79 Å². The molecule has 0 spiro atoms. The molecular formula is C20H31ClN2O. The Bertz CT molecular complexity index is 528. The molecule has 1 amide bonds. The van der Waals surface area contributed by atoms with E-state index in [-0.39, 0.29) is 12.4 Å². The molecule has 3 nitrogen and oxygen atoms in total. The molecule has 134 valence electrons. The van der Waals surface area contributed by atoms with E-state index in [9.17, 15) is 4.79 Å². The lowest BCUT2D eigenvalue weighted by molar-refractivity contribution is -0.134. The fourth-order valence-corrected chi connectivity index (χ4v) is 4.13. The van der Waals surface area contributed by atoms with Crippen molar-refractivity contribution in [1.82, 2.24) is 10.2 Å². The van der Waals surface area contributed by atoms with Crippen molar-refractivity contribution in [3.63, 3.8) is 0 Å². The SMILES string of the molecule is CCCN(C(=O)CCC1CCNC1)C1CCc2ccccc2C1.Cl. The Hall–Kier alpha value is -1.06. The molecule has 2 aliphatic rings. The van der Waals surface area contributed by atoms with Crippen LogP contribution in [0.4, 0.5) is 0 Å². The average Bonchev–Trinajstić information content (AvgIpc) is 3.10. The molecule has 0 aromatic heterocycles. The lowest BCUT2D eigenvalue weighted by Gasteiger charge is -2.35. The number of fused-ring (bicyclic) bond motifs is 1. The molecule has 1 saturated heterocycles. The van der Waals surface area contributed by atoms with Gasteiger partial charge in [-0.1, -0.05) is 31.2 Å². The summed E-state index contributed by atoms with van der Waals surface area (Å²) in [6, 6.07) is 9.13. The van der Waals surface area contributed by atoms with Gasteiger partial charge in [0.25, 0.3) is 0 Å². The number of carbonyl (C=O) groups is 1. The van der Waals surface area contributed by atoms with Crippen LogP contribution < -0.4 is 5.32 Å². The van der Waals surface area contributed by atoms with Gasteiger partial charge in [-0.25, -0.2) is 0 Å². The predicted molar refractivity (Wildman–Crippen MR) is 102 cm³/mol. The minimum absolute atomic E-state index is 0. The largest absolute Gasteiger partial charge is 0.339 e. The Labute approximate surface area is 152 Å². The lowest BCUT2D eigenvalue weighted by atomic mass is 9.87. The number of rotatable bonds is 6. The van der Waals surface area contributed by atoms with Crippen LogP contribution in [0.2, 0.25) is 0 Å². The minimum atomic E-state index is 0. The maximum atomic E-state index is 12.8. The van der Waals surface area contributed by atoms with Gasteiger partial charge in [0.15, 0.2) is 0 Å². The first-order chi connectivity index (χ1) is 11.3. The van der Waals surface area contributed by atoms with Crippen molar-refractivity contribution in [3.05, 3.63) is 35.4 Å². The van der Waals surface area contributed by atoms with Crippen LogP contribution in [0.5, 0.6) is 0 Å². The van der Waals surface area contributed by atoms with Gasteiger partial charge in [0.05, 0.1) is 0 Å². The monoisotopic (exact) mass is 350 g/mol. The fraction of sp³-hybridized carbons (Fsp3) is 0.650. The van der Waals surface area contributed by atoms with Crippen LogP contribution in [0.1, 0.15) is 50.2 Å². The van der Waals surface area contributed by atoms with Gasteiger partial charge in [0.1, 0.15) is 0 Å². The summed E-state index contributed by atoms with van der Waals surface area (Å²) in [6.07, 6.45) is 7.33. The second kappa shape index (κ2) is 9.43. The highest BCUT2D eigenvalue weighted by molar-refractivity contribution is 5.85. The molecule has 0 radical (unpaired) electrons. The third-order valence-electron chi connectivity index (χ3n) is 5.48. The van der Waals surface area contributed by atoms with Crippen molar-refractivity contribution in [2.75, 3.05) is 19.6 Å². The Morgan fingerprint density at radius 3 is 2.75 bits per heavy atom. The number of amides is 1. The molecule has 2 atom stereocenters. The van der Waals surface area contributed by atoms with E-state index in [1.165, 1.54) is 17.5 Å². The third-order valence-corrected chi connectivity index (χ3v) is 5.48. The summed E-state index contributed by atoms with van der Waals surface area (Å²) < 4.78 is 0. The molecule has 1 fully saturated rings. The Morgan fingerprint density at radius 1 is 1.25 bits per heavy atom. The topological polar surface area (TPSA) is 32.3 Å². The van der Waals surface area contributed by atoms with Gasteiger partial charge in [0, 0.05) is 19.0 Å². The maximum absolute atomic E-state index is 12.8. The van der Waals surface area contributed by atoms with E-state index in [2.05, 4.69) is 41.4 Å². The zero-order valence-corrected chi connectivity index (χ0v) is 15.6. The second-order valence-corrected chi connectivity index (χ2v) is 7.15. The first-order valence-corrected chi connectivity index (χ1v) is 9.35. The summed E-state index contributed by atoms with van der Waals surface area (Å²) in [7, 11) is 0. The van der Waals surface area contributed by atoms with E-state index >= 15 is 0 Å². The summed E-state index contributed by atoms with van der Waals surface area (Å²) >= 11 is 0. The summed E-state index contributed by atoms with van der Waals surface area (Å²) in [5.74, 6) is 1.08. The number of aryl methyl sites for hydroxylation is 1. The van der Waals surface area contributed by atoms with Gasteiger partial charge in [-0.3, -0.25) is 4.79 Å². The van der Waals surface area contributed by atoms with E-state index < -0.39 is 0 Å². The van der Waals surface area contributed by atoms with Crippen LogP contribution in [0, 0.1) is 5.92 Å². The van der Waals surface area contributed by atoms with Crippen LogP contribution in [-0.4, -0.2) is 36.5 Å². The highest BCUT2D eigenvalue weighted by Crippen LogP contribution is 2.26. The predicted octanol–water partition coefficient (Wildman–Crippen LogP) is 3.59. The van der Waals surface area contributed by atoms with Crippen molar-refractivity contribution in [2.24, 2.45) is 5.92 Å². The van der Waals surface area contributed by atoms with Gasteiger partial charge >= 0.3 is 0 Å². The molecule has 0 saturated carbocycles. The normalized spacial score (nSPS) is 22.5. The molecule has 1 aliphatic carbocycles. The minimum Gasteiger partial charge on any atom is -0.339 e. The van der Waals surface area contributed by atoms with Crippen molar-refractivity contribution in [2.45, 2.75) is 57.9 Å². The fourth-order valence-electron chi connectivity index (χ4n) is 4.13. The van der Waals surface area contributed by atoms with E-state index in [1.54, 1.807) is 0 Å². The summed E-state index contributed by atoms with van der Waals surface area (Å²) in [6.45, 7) is 5.31. The number of nitrogens with one attached hydrogen (secondary N) is 1. The summed E-state index contributed by atoms with van der Waals surface area (Å²) in [4.78, 5) is 15.0. The van der Waals surface area contributed by atoms with Crippen LogP contribution in [0.3, 0.4) is 0 Å². The lowest BCUT2D eigenvalue weighted by Crippen LogP contribution is -2.44. The Balaban J connectivity index is 0.00000208. The third kappa shape index (κ3) is 4.73. The first kappa shape index (κ1) is 19.3. The quantitative estimate of drug-likeness (QED) is 0.850. The van der Waals surface area contributed by atoms with Crippen LogP contribution in [-0.2, 0) is 17.6 Å². The number of hydrogen-bond acceptors (Lipinski definition) is 2. The standard InChI is InChI=1S/C20H30N2O.ClH/c1-2-13-22(20(23)10-7-16-11-12-21-15-16)19-9-8-17-5-3-4-6-18(17)14-19;/h3-6,16,19,21H,2,7-15H2,1H3;1H. The Kier molecular flexibility index (Phi) is 7.57. The molecule has 2 unspecified atom stereocenters. The molecule has 1 aliphatic heterocycles. The van der Waals surface area contributed by atoms with Crippen LogP contribution in [0.25, 0.3) is 0 Å². The molecule has 3 rings (SSSR count). The van der Waals surface area contributed by atoms with Gasteiger partial charge in [0.2, 0.25) is 5.91 Å². The molecule has 1 N–H and O–H groups in total. The van der Waals surface area contributed by atoms with E-state index in [0.29, 0.717) is 17.9 Å². The highest BCUT2D eigenvalue weighted by atomic mass is 35.5. The number of hydrogen-bond donors (Lipinski definition) is 1. The molecule has 1 heterocycles. The molecule has 0 bridgehead atoms. The number of nitrogens with zero attached hydrogens (tertiary/aromatic N) is 1. The van der Waals surface area contributed by atoms with E-state index in [4.69, 9.17) is 0 Å². The molecule has 1 aromatic carbocycles. The van der Waals surface area contributed by atoms with Crippen molar-refractivity contribution >= 4 is 18.3 Å². The molecule has 24 heavy (non-hydrogen) atoms. The van der Waals surface area contributed by atoms with Crippen molar-refractivity contribution in [3.8, 4) is 0 Å². The molecule has 4 heteroatoms. The zero-order valence-electron chi connectivity index (χ0n) is 14.8. The zero-order chi connectivity index (χ0) is 16.1. The highest BCUT2D eigenvalue weighted by Gasteiger charge is 2.27. The van der Waals surface area contributed by atoms with Gasteiger partial charge in [-0.05, 0) is 68.7 Å². The van der Waals surface area contributed by atoms with Gasteiger partial charge in [-0.2, -0.15) is 0 Å². The first-order valence-electron chi connectivity index (χ1n) is 9.35. The summed E-state index contributed by atoms with van der Waals surface area (Å²) in [5.41, 5.74) is 2.92. The Morgan fingerprint density at radius 2 is 2.04 bits per heavy atom. The average molecular weight is 351 g/mol. The second-order valence-electron chi connectivity index (χ2n) is 7.15. The summed E-state index contributed by atoms with van der Waals surface area (Å²) in [5, 5.41) is 3.40. The van der Waals surface area contributed by atoms with Gasteiger partial charge in [-0.15, -0.1) is 12.4 Å². The van der Waals surface area contributed by atoms with Crippen LogP contribution >= 0.6 is 12.4 Å². The van der Waals surface area contributed by atoms with Gasteiger partial charge < -0.3 is 10.2 Å².